The first-order valence-electron chi connectivity index (χ1n) is 6.14. The molecule has 0 spiro atoms. The first-order valence-corrected chi connectivity index (χ1v) is 7.96. The van der Waals surface area contributed by atoms with Crippen LogP contribution in [0, 0.1) is 0 Å². The summed E-state index contributed by atoms with van der Waals surface area (Å²) in [5.74, 6) is 0. The van der Waals surface area contributed by atoms with Crippen molar-refractivity contribution in [1.29, 1.82) is 0 Å². The first-order chi connectivity index (χ1) is 8.68. The zero-order valence-electron chi connectivity index (χ0n) is 11.1. The highest BCUT2D eigenvalue weighted by Crippen LogP contribution is 2.23. The lowest BCUT2D eigenvalue weighted by molar-refractivity contribution is 0.286. The topological polar surface area (TPSA) is 15.3 Å². The van der Waals surface area contributed by atoms with Crippen molar-refractivity contribution in [3.8, 4) is 0 Å². The van der Waals surface area contributed by atoms with Gasteiger partial charge in [0.05, 0.1) is 6.04 Å². The summed E-state index contributed by atoms with van der Waals surface area (Å²) in [7, 11) is 4.28. The molecule has 0 aliphatic carbocycles. The van der Waals surface area contributed by atoms with Crippen LogP contribution in [0.25, 0.3) is 0 Å². The second kappa shape index (κ2) is 6.48. The molecule has 1 N–H and O–H groups in total. The van der Waals surface area contributed by atoms with Gasteiger partial charge in [0.15, 0.2) is 0 Å². The first kappa shape index (κ1) is 13.7. The van der Waals surface area contributed by atoms with Crippen molar-refractivity contribution in [3.63, 3.8) is 0 Å². The molecule has 2 aromatic heterocycles. The van der Waals surface area contributed by atoms with E-state index >= 15 is 0 Å². The summed E-state index contributed by atoms with van der Waals surface area (Å²) in [6.07, 6.45) is 0. The van der Waals surface area contributed by atoms with E-state index in [-0.39, 0.29) is 0 Å². The molecule has 2 aromatic rings. The van der Waals surface area contributed by atoms with Gasteiger partial charge in [0.1, 0.15) is 0 Å². The molecule has 0 amide bonds. The minimum atomic E-state index is 0.415. The molecule has 0 fully saturated rings. The fourth-order valence-electron chi connectivity index (χ4n) is 1.95. The monoisotopic (exact) mass is 280 g/mol. The van der Waals surface area contributed by atoms with E-state index in [0.717, 1.165) is 6.54 Å². The summed E-state index contributed by atoms with van der Waals surface area (Å²) >= 11 is 3.59. The number of nitrogens with zero attached hydrogens (tertiary/aromatic N) is 1. The molecule has 0 aromatic carbocycles. The van der Waals surface area contributed by atoms with Crippen LogP contribution in [0.4, 0.5) is 0 Å². The van der Waals surface area contributed by atoms with E-state index < -0.39 is 0 Å². The maximum Gasteiger partial charge on any atom is 0.0561 e. The fourth-order valence-corrected chi connectivity index (χ4v) is 3.62. The molecule has 2 nitrogen and oxygen atoms in total. The Morgan fingerprint density at radius 3 is 2.67 bits per heavy atom. The third kappa shape index (κ3) is 3.42. The van der Waals surface area contributed by atoms with Crippen LogP contribution in [0.1, 0.15) is 29.4 Å². The zero-order valence-corrected chi connectivity index (χ0v) is 12.7. The van der Waals surface area contributed by atoms with Crippen LogP contribution in [0.2, 0.25) is 0 Å². The van der Waals surface area contributed by atoms with Gasteiger partial charge < -0.3 is 10.2 Å². The van der Waals surface area contributed by atoms with Gasteiger partial charge in [-0.15, -0.1) is 11.3 Å². The Morgan fingerprint density at radius 2 is 2.11 bits per heavy atom. The van der Waals surface area contributed by atoms with E-state index in [1.807, 2.05) is 11.3 Å². The standard InChI is InChI=1S/C14H20N2S2/c1-11(12-6-8-17-10-12)15-9-13(16(2)3)14-5-4-7-18-14/h4-8,10-11,13,15H,9H2,1-3H3. The highest BCUT2D eigenvalue weighted by Gasteiger charge is 2.16. The zero-order chi connectivity index (χ0) is 13.0. The molecular formula is C14H20N2S2. The molecular weight excluding hydrogens is 260 g/mol. The van der Waals surface area contributed by atoms with Crippen molar-refractivity contribution in [2.45, 2.75) is 19.0 Å². The smallest absolute Gasteiger partial charge is 0.0561 e. The summed E-state index contributed by atoms with van der Waals surface area (Å²) in [6.45, 7) is 3.20. The summed E-state index contributed by atoms with van der Waals surface area (Å²) in [5.41, 5.74) is 1.38. The maximum absolute atomic E-state index is 3.63. The van der Waals surface area contributed by atoms with Crippen molar-refractivity contribution >= 4 is 22.7 Å². The molecule has 0 bridgehead atoms. The lowest BCUT2D eigenvalue weighted by Crippen LogP contribution is -2.31. The number of hydrogen-bond acceptors (Lipinski definition) is 4. The van der Waals surface area contributed by atoms with Gasteiger partial charge in [-0.05, 0) is 54.9 Å². The van der Waals surface area contributed by atoms with E-state index in [0.29, 0.717) is 12.1 Å². The van der Waals surface area contributed by atoms with Gasteiger partial charge in [0.25, 0.3) is 0 Å². The van der Waals surface area contributed by atoms with Crippen LogP contribution in [-0.4, -0.2) is 25.5 Å². The molecule has 2 rings (SSSR count). The highest BCUT2D eigenvalue weighted by molar-refractivity contribution is 7.10. The van der Waals surface area contributed by atoms with Crippen LogP contribution in [0.5, 0.6) is 0 Å². The molecule has 0 aliphatic heterocycles. The van der Waals surface area contributed by atoms with E-state index in [9.17, 15) is 0 Å². The average molecular weight is 280 g/mol. The second-order valence-electron chi connectivity index (χ2n) is 4.68. The minimum Gasteiger partial charge on any atom is -0.308 e. The SMILES string of the molecule is CC(NCC(c1cccs1)N(C)C)c1ccsc1. The van der Waals surface area contributed by atoms with Gasteiger partial charge in [0, 0.05) is 17.5 Å². The molecule has 0 aliphatic rings. The maximum atomic E-state index is 3.63. The predicted octanol–water partition coefficient (Wildman–Crippen LogP) is 3.76. The summed E-state index contributed by atoms with van der Waals surface area (Å²) in [5, 5.41) is 10.1. The highest BCUT2D eigenvalue weighted by atomic mass is 32.1. The van der Waals surface area contributed by atoms with Crippen LogP contribution in [0.15, 0.2) is 34.3 Å². The number of thiophene rings is 2. The van der Waals surface area contributed by atoms with Gasteiger partial charge in [-0.3, -0.25) is 0 Å². The second-order valence-corrected chi connectivity index (χ2v) is 6.44. The molecule has 0 saturated carbocycles. The molecule has 18 heavy (non-hydrogen) atoms. The van der Waals surface area contributed by atoms with Gasteiger partial charge >= 0.3 is 0 Å². The Morgan fingerprint density at radius 1 is 1.28 bits per heavy atom. The number of nitrogens with one attached hydrogen (secondary N) is 1. The fraction of sp³-hybridized carbons (Fsp3) is 0.429. The van der Waals surface area contributed by atoms with Crippen molar-refractivity contribution < 1.29 is 0 Å². The summed E-state index contributed by atoms with van der Waals surface area (Å²) < 4.78 is 0. The summed E-state index contributed by atoms with van der Waals surface area (Å²) in [6, 6.07) is 7.40. The summed E-state index contributed by atoms with van der Waals surface area (Å²) in [4.78, 5) is 3.70. The van der Waals surface area contributed by atoms with E-state index in [4.69, 9.17) is 0 Å². The molecule has 2 heterocycles. The van der Waals surface area contributed by atoms with Crippen LogP contribution < -0.4 is 5.32 Å². The van der Waals surface area contributed by atoms with E-state index in [1.165, 1.54) is 10.4 Å². The minimum absolute atomic E-state index is 0.415. The number of rotatable bonds is 6. The molecule has 4 heteroatoms. The molecule has 2 unspecified atom stereocenters. The number of likely N-dealkylation sites (N-methyl/N-ethyl adjacent to an activating group) is 1. The van der Waals surface area contributed by atoms with Crippen LogP contribution in [-0.2, 0) is 0 Å². The number of hydrogen-bond donors (Lipinski definition) is 1. The van der Waals surface area contributed by atoms with Crippen molar-refractivity contribution in [1.82, 2.24) is 10.2 Å². The Balaban J connectivity index is 1.94. The van der Waals surface area contributed by atoms with Crippen molar-refractivity contribution in [3.05, 3.63) is 44.8 Å². The van der Waals surface area contributed by atoms with E-state index in [2.05, 4.69) is 65.6 Å². The van der Waals surface area contributed by atoms with Crippen LogP contribution >= 0.6 is 22.7 Å². The van der Waals surface area contributed by atoms with E-state index in [1.54, 1.807) is 11.3 Å². The molecule has 2 atom stereocenters. The Kier molecular flexibility index (Phi) is 4.95. The third-order valence-corrected chi connectivity index (χ3v) is 4.83. The lowest BCUT2D eigenvalue weighted by Gasteiger charge is -2.25. The Bertz CT molecular complexity index is 434. The lowest BCUT2D eigenvalue weighted by atomic mass is 10.1. The molecule has 0 saturated heterocycles. The quantitative estimate of drug-likeness (QED) is 0.866. The largest absolute Gasteiger partial charge is 0.308 e. The van der Waals surface area contributed by atoms with Crippen molar-refractivity contribution in [2.75, 3.05) is 20.6 Å². The van der Waals surface area contributed by atoms with Crippen LogP contribution in [0.3, 0.4) is 0 Å². The molecule has 98 valence electrons. The Hall–Kier alpha value is -0.680. The van der Waals surface area contributed by atoms with Gasteiger partial charge in [-0.25, -0.2) is 0 Å². The Labute approximate surface area is 117 Å². The normalized spacial score (nSPS) is 14.9. The average Bonchev–Trinajstić information content (AvgIpc) is 3.01. The van der Waals surface area contributed by atoms with Gasteiger partial charge in [-0.2, -0.15) is 11.3 Å². The third-order valence-electron chi connectivity index (χ3n) is 3.16. The van der Waals surface area contributed by atoms with Gasteiger partial charge in [0.2, 0.25) is 0 Å². The predicted molar refractivity (Wildman–Crippen MR) is 81.5 cm³/mol. The van der Waals surface area contributed by atoms with Gasteiger partial charge in [-0.1, -0.05) is 6.07 Å². The van der Waals surface area contributed by atoms with Crippen molar-refractivity contribution in [2.24, 2.45) is 0 Å². The molecule has 0 radical (unpaired) electrons.